The maximum atomic E-state index is 12.9. The van der Waals surface area contributed by atoms with E-state index in [-0.39, 0.29) is 12.0 Å². The van der Waals surface area contributed by atoms with Gasteiger partial charge < -0.3 is 9.47 Å². The summed E-state index contributed by atoms with van der Waals surface area (Å²) in [6, 6.07) is 10.5. The van der Waals surface area contributed by atoms with Crippen LogP contribution < -0.4 is 14.5 Å². The number of rotatable bonds is 5. The lowest BCUT2D eigenvalue weighted by Crippen LogP contribution is -2.21. The van der Waals surface area contributed by atoms with Crippen molar-refractivity contribution in [2.75, 3.05) is 12.1 Å². The second-order valence-electron chi connectivity index (χ2n) is 6.54. The van der Waals surface area contributed by atoms with Crippen molar-refractivity contribution >= 4 is 46.6 Å². The van der Waals surface area contributed by atoms with Gasteiger partial charge in [0, 0.05) is 0 Å². The molecule has 1 aliphatic heterocycles. The highest BCUT2D eigenvalue weighted by Crippen LogP contribution is 2.33. The van der Waals surface area contributed by atoms with Gasteiger partial charge in [-0.15, -0.1) is 0 Å². The minimum atomic E-state index is -0.239. The maximum absolute atomic E-state index is 12.9. The Morgan fingerprint density at radius 1 is 1.07 bits per heavy atom. The van der Waals surface area contributed by atoms with E-state index in [1.54, 1.807) is 38.3 Å². The summed E-state index contributed by atoms with van der Waals surface area (Å²) >= 11 is 12.0. The quantitative estimate of drug-likeness (QED) is 0.594. The molecule has 0 fully saturated rings. The van der Waals surface area contributed by atoms with Crippen molar-refractivity contribution < 1.29 is 14.3 Å². The molecule has 1 amide bonds. The van der Waals surface area contributed by atoms with E-state index >= 15 is 0 Å². The standard InChI is InChI=1S/C21H20Cl2N2O3/c1-12(2)28-19-8-5-14(10-20(19)27-4)9-16-13(3)24-25(21(16)26)15-6-7-17(22)18(23)11-15/h5-12H,1-4H3. The predicted octanol–water partition coefficient (Wildman–Crippen LogP) is 5.60. The molecule has 0 saturated heterocycles. The summed E-state index contributed by atoms with van der Waals surface area (Å²) in [4.78, 5) is 12.9. The third kappa shape index (κ3) is 4.16. The van der Waals surface area contributed by atoms with E-state index in [4.69, 9.17) is 32.7 Å². The number of benzene rings is 2. The van der Waals surface area contributed by atoms with Gasteiger partial charge in [0.1, 0.15) is 0 Å². The van der Waals surface area contributed by atoms with Gasteiger partial charge in [-0.1, -0.05) is 29.3 Å². The first-order valence-electron chi connectivity index (χ1n) is 8.71. The average molecular weight is 419 g/mol. The van der Waals surface area contributed by atoms with Gasteiger partial charge in [0.2, 0.25) is 0 Å². The molecule has 5 nitrogen and oxygen atoms in total. The van der Waals surface area contributed by atoms with Gasteiger partial charge in [-0.2, -0.15) is 10.1 Å². The first-order chi connectivity index (χ1) is 13.3. The second kappa shape index (κ2) is 8.25. The molecule has 0 atom stereocenters. The lowest BCUT2D eigenvalue weighted by atomic mass is 10.1. The van der Waals surface area contributed by atoms with Crippen molar-refractivity contribution in [3.63, 3.8) is 0 Å². The van der Waals surface area contributed by atoms with Crippen LogP contribution in [0.2, 0.25) is 10.0 Å². The number of methoxy groups -OCH3 is 1. The molecule has 2 aromatic rings. The Morgan fingerprint density at radius 2 is 1.82 bits per heavy atom. The number of hydrogen-bond donors (Lipinski definition) is 0. The van der Waals surface area contributed by atoms with Crippen molar-refractivity contribution in [1.82, 2.24) is 0 Å². The molecule has 0 saturated carbocycles. The lowest BCUT2D eigenvalue weighted by Gasteiger charge is -2.14. The predicted molar refractivity (Wildman–Crippen MR) is 114 cm³/mol. The van der Waals surface area contributed by atoms with Crippen LogP contribution in [0.3, 0.4) is 0 Å². The van der Waals surface area contributed by atoms with Crippen LogP contribution in [0.15, 0.2) is 47.1 Å². The Kier molecular flexibility index (Phi) is 5.96. The molecule has 146 valence electrons. The Morgan fingerprint density at radius 3 is 2.46 bits per heavy atom. The van der Waals surface area contributed by atoms with Crippen molar-refractivity contribution in [2.45, 2.75) is 26.9 Å². The summed E-state index contributed by atoms with van der Waals surface area (Å²) in [5.41, 5.74) is 2.46. The first-order valence-corrected chi connectivity index (χ1v) is 9.47. The smallest absolute Gasteiger partial charge is 0.280 e. The molecule has 0 spiro atoms. The van der Waals surface area contributed by atoms with Gasteiger partial charge in [0.25, 0.3) is 5.91 Å². The molecule has 0 bridgehead atoms. The number of carbonyl (C=O) groups excluding carboxylic acids is 1. The van der Waals surface area contributed by atoms with E-state index in [0.29, 0.717) is 38.5 Å². The summed E-state index contributed by atoms with van der Waals surface area (Å²) in [5.74, 6) is 1.02. The molecule has 7 heteroatoms. The number of anilines is 1. The Bertz CT molecular complexity index is 984. The maximum Gasteiger partial charge on any atom is 0.280 e. The van der Waals surface area contributed by atoms with Crippen LogP contribution in [0, 0.1) is 0 Å². The van der Waals surface area contributed by atoms with E-state index in [1.165, 1.54) is 5.01 Å². The van der Waals surface area contributed by atoms with Crippen molar-refractivity contribution in [2.24, 2.45) is 5.10 Å². The molecule has 1 heterocycles. The van der Waals surface area contributed by atoms with Crippen molar-refractivity contribution in [3.8, 4) is 11.5 Å². The lowest BCUT2D eigenvalue weighted by molar-refractivity contribution is -0.114. The molecule has 3 rings (SSSR count). The van der Waals surface area contributed by atoms with Crippen LogP contribution in [0.1, 0.15) is 26.3 Å². The Hall–Kier alpha value is -2.50. The fourth-order valence-electron chi connectivity index (χ4n) is 2.77. The molecule has 0 N–H and O–H groups in total. The highest BCUT2D eigenvalue weighted by molar-refractivity contribution is 6.42. The monoisotopic (exact) mass is 418 g/mol. The van der Waals surface area contributed by atoms with Gasteiger partial charge in [0.15, 0.2) is 11.5 Å². The number of ether oxygens (including phenoxy) is 2. The minimum absolute atomic E-state index is 0.0312. The topological polar surface area (TPSA) is 51.1 Å². The normalized spacial score (nSPS) is 15.4. The van der Waals surface area contributed by atoms with Crippen LogP contribution in [0.4, 0.5) is 5.69 Å². The van der Waals surface area contributed by atoms with E-state index in [1.807, 2.05) is 32.0 Å². The van der Waals surface area contributed by atoms with Crippen LogP contribution in [0.5, 0.6) is 11.5 Å². The zero-order valence-corrected chi connectivity index (χ0v) is 17.5. The fourth-order valence-corrected chi connectivity index (χ4v) is 3.06. The number of halogens is 2. The number of carbonyl (C=O) groups is 1. The number of amides is 1. The van der Waals surface area contributed by atoms with Crippen molar-refractivity contribution in [3.05, 3.63) is 57.6 Å². The summed E-state index contributed by atoms with van der Waals surface area (Å²) in [5, 5.41) is 6.46. The highest BCUT2D eigenvalue weighted by Gasteiger charge is 2.29. The van der Waals surface area contributed by atoms with Crippen molar-refractivity contribution in [1.29, 1.82) is 0 Å². The molecular weight excluding hydrogens is 399 g/mol. The molecule has 0 aromatic heterocycles. The molecule has 0 unspecified atom stereocenters. The zero-order chi connectivity index (χ0) is 20.4. The van der Waals surface area contributed by atoms with E-state index in [9.17, 15) is 4.79 Å². The van der Waals surface area contributed by atoms with Crippen LogP contribution >= 0.6 is 23.2 Å². The van der Waals surface area contributed by atoms with Crippen LogP contribution in [-0.2, 0) is 4.79 Å². The van der Waals surface area contributed by atoms with Crippen LogP contribution in [0.25, 0.3) is 6.08 Å². The minimum Gasteiger partial charge on any atom is -0.493 e. The van der Waals surface area contributed by atoms with Crippen LogP contribution in [-0.4, -0.2) is 24.8 Å². The summed E-state index contributed by atoms with van der Waals surface area (Å²) in [6.07, 6.45) is 1.81. The number of nitrogens with zero attached hydrogens (tertiary/aromatic N) is 2. The SMILES string of the molecule is COc1cc(C=C2C(=O)N(c3ccc(Cl)c(Cl)c3)N=C2C)ccc1OC(C)C. The number of hydrazone groups is 1. The Balaban J connectivity index is 1.91. The summed E-state index contributed by atoms with van der Waals surface area (Å²) < 4.78 is 11.1. The fraction of sp³-hybridized carbons (Fsp3) is 0.238. The average Bonchev–Trinajstić information content (AvgIpc) is 2.93. The molecular formula is C21H20Cl2N2O3. The van der Waals surface area contributed by atoms with E-state index in [2.05, 4.69) is 5.10 Å². The summed E-state index contributed by atoms with van der Waals surface area (Å²) in [7, 11) is 1.58. The molecule has 28 heavy (non-hydrogen) atoms. The number of hydrogen-bond acceptors (Lipinski definition) is 4. The summed E-state index contributed by atoms with van der Waals surface area (Å²) in [6.45, 7) is 5.68. The van der Waals surface area contributed by atoms with Gasteiger partial charge in [-0.25, -0.2) is 0 Å². The van der Waals surface area contributed by atoms with E-state index < -0.39 is 0 Å². The van der Waals surface area contributed by atoms with Gasteiger partial charge in [-0.3, -0.25) is 4.79 Å². The van der Waals surface area contributed by atoms with Gasteiger partial charge in [0.05, 0.1) is 40.2 Å². The highest BCUT2D eigenvalue weighted by atomic mass is 35.5. The van der Waals surface area contributed by atoms with E-state index in [0.717, 1.165) is 5.56 Å². The molecule has 2 aromatic carbocycles. The van der Waals surface area contributed by atoms with Gasteiger partial charge in [-0.05, 0) is 62.7 Å². The molecule has 1 aliphatic rings. The third-order valence-corrected chi connectivity index (χ3v) is 4.81. The third-order valence-electron chi connectivity index (χ3n) is 4.07. The molecule has 0 radical (unpaired) electrons. The van der Waals surface area contributed by atoms with Gasteiger partial charge >= 0.3 is 0 Å². The first kappa shape index (κ1) is 20.2. The Labute approximate surface area is 174 Å². The molecule has 0 aliphatic carbocycles. The second-order valence-corrected chi connectivity index (χ2v) is 7.35. The largest absolute Gasteiger partial charge is 0.493 e. The zero-order valence-electron chi connectivity index (χ0n) is 16.0.